The van der Waals surface area contributed by atoms with Crippen molar-refractivity contribution < 1.29 is 4.79 Å². The molecule has 0 fully saturated rings. The van der Waals surface area contributed by atoms with E-state index in [2.05, 4.69) is 26.1 Å². The molecule has 0 saturated heterocycles. The highest BCUT2D eigenvalue weighted by atomic mass is 35.5. The van der Waals surface area contributed by atoms with Gasteiger partial charge in [0.25, 0.3) is 0 Å². The standard InChI is InChI=1S/C12H26N2O.ClH/c1-5-6-7-11(15)14-12(4,9-13)8-10(2)3;/h10H,5-9,13H2,1-4H3,(H,14,15);1H. The summed E-state index contributed by atoms with van der Waals surface area (Å²) >= 11 is 0. The largest absolute Gasteiger partial charge is 0.350 e. The van der Waals surface area contributed by atoms with Crippen molar-refractivity contribution in [2.24, 2.45) is 11.7 Å². The molecular weight excluding hydrogens is 224 g/mol. The van der Waals surface area contributed by atoms with Gasteiger partial charge in [-0.3, -0.25) is 4.79 Å². The van der Waals surface area contributed by atoms with Crippen LogP contribution in [0.2, 0.25) is 0 Å². The second kappa shape index (κ2) is 8.82. The lowest BCUT2D eigenvalue weighted by atomic mass is 9.90. The third kappa shape index (κ3) is 7.94. The number of hydrogen-bond donors (Lipinski definition) is 2. The Kier molecular flexibility index (Phi) is 9.98. The van der Waals surface area contributed by atoms with E-state index in [-0.39, 0.29) is 23.9 Å². The van der Waals surface area contributed by atoms with E-state index in [4.69, 9.17) is 5.73 Å². The Labute approximate surface area is 106 Å². The number of nitrogens with one attached hydrogen (secondary N) is 1. The molecule has 0 aromatic rings. The predicted octanol–water partition coefficient (Wildman–Crippen LogP) is 2.48. The van der Waals surface area contributed by atoms with Gasteiger partial charge in [-0.25, -0.2) is 0 Å². The van der Waals surface area contributed by atoms with E-state index in [1.807, 2.05) is 6.92 Å². The molecule has 0 rings (SSSR count). The monoisotopic (exact) mass is 250 g/mol. The van der Waals surface area contributed by atoms with E-state index in [0.717, 1.165) is 19.3 Å². The number of rotatable bonds is 7. The summed E-state index contributed by atoms with van der Waals surface area (Å²) < 4.78 is 0. The molecule has 3 N–H and O–H groups in total. The van der Waals surface area contributed by atoms with E-state index in [1.54, 1.807) is 0 Å². The first kappa shape index (κ1) is 18.1. The second-order valence-electron chi connectivity index (χ2n) is 5.01. The SMILES string of the molecule is CCCCC(=O)NC(C)(CN)CC(C)C.Cl. The Hall–Kier alpha value is -0.280. The van der Waals surface area contributed by atoms with Gasteiger partial charge in [0, 0.05) is 18.5 Å². The lowest BCUT2D eigenvalue weighted by Crippen LogP contribution is -2.52. The highest BCUT2D eigenvalue weighted by molar-refractivity contribution is 5.85. The van der Waals surface area contributed by atoms with Crippen molar-refractivity contribution in [1.29, 1.82) is 0 Å². The van der Waals surface area contributed by atoms with E-state index in [9.17, 15) is 4.79 Å². The average molecular weight is 251 g/mol. The molecule has 0 aliphatic rings. The van der Waals surface area contributed by atoms with Gasteiger partial charge < -0.3 is 11.1 Å². The van der Waals surface area contributed by atoms with Crippen LogP contribution in [0.3, 0.4) is 0 Å². The second-order valence-corrected chi connectivity index (χ2v) is 5.01. The lowest BCUT2D eigenvalue weighted by molar-refractivity contribution is -0.123. The van der Waals surface area contributed by atoms with Gasteiger partial charge in [-0.05, 0) is 25.7 Å². The van der Waals surface area contributed by atoms with Gasteiger partial charge in [0.2, 0.25) is 5.91 Å². The van der Waals surface area contributed by atoms with Crippen molar-refractivity contribution in [3.63, 3.8) is 0 Å². The Morgan fingerprint density at radius 2 is 2.00 bits per heavy atom. The summed E-state index contributed by atoms with van der Waals surface area (Å²) in [4.78, 5) is 11.6. The fourth-order valence-corrected chi connectivity index (χ4v) is 1.82. The van der Waals surface area contributed by atoms with Crippen molar-refractivity contribution in [3.05, 3.63) is 0 Å². The molecule has 0 spiro atoms. The van der Waals surface area contributed by atoms with Crippen molar-refractivity contribution in [2.45, 2.75) is 58.9 Å². The molecule has 0 aromatic heterocycles. The normalized spacial score (nSPS) is 14.1. The van der Waals surface area contributed by atoms with Gasteiger partial charge in [-0.1, -0.05) is 27.2 Å². The number of nitrogens with two attached hydrogens (primary N) is 1. The minimum absolute atomic E-state index is 0. The first-order valence-corrected chi connectivity index (χ1v) is 5.94. The van der Waals surface area contributed by atoms with Crippen LogP contribution >= 0.6 is 12.4 Å². The first-order chi connectivity index (χ1) is 6.93. The Morgan fingerprint density at radius 3 is 2.38 bits per heavy atom. The zero-order valence-corrected chi connectivity index (χ0v) is 11.8. The molecule has 1 amide bonds. The molecule has 0 bridgehead atoms. The van der Waals surface area contributed by atoms with Crippen molar-refractivity contribution >= 4 is 18.3 Å². The summed E-state index contributed by atoms with van der Waals surface area (Å²) in [7, 11) is 0. The molecule has 0 heterocycles. The molecular formula is C12H27ClN2O. The molecule has 16 heavy (non-hydrogen) atoms. The fourth-order valence-electron chi connectivity index (χ4n) is 1.82. The molecule has 1 atom stereocenters. The van der Waals surface area contributed by atoms with Crippen LogP contribution in [0.25, 0.3) is 0 Å². The van der Waals surface area contributed by atoms with E-state index >= 15 is 0 Å². The zero-order chi connectivity index (χ0) is 11.9. The van der Waals surface area contributed by atoms with Crippen LogP contribution in [0.4, 0.5) is 0 Å². The quantitative estimate of drug-likeness (QED) is 0.730. The summed E-state index contributed by atoms with van der Waals surface area (Å²) in [6.07, 6.45) is 3.55. The first-order valence-electron chi connectivity index (χ1n) is 5.94. The van der Waals surface area contributed by atoms with Crippen molar-refractivity contribution in [1.82, 2.24) is 5.32 Å². The number of halogens is 1. The maximum absolute atomic E-state index is 11.6. The van der Waals surface area contributed by atoms with Crippen LogP contribution in [0.5, 0.6) is 0 Å². The molecule has 0 aromatic carbocycles. The van der Waals surface area contributed by atoms with Crippen LogP contribution in [0.1, 0.15) is 53.4 Å². The maximum atomic E-state index is 11.6. The van der Waals surface area contributed by atoms with E-state index in [0.29, 0.717) is 18.9 Å². The zero-order valence-electron chi connectivity index (χ0n) is 11.0. The molecule has 0 radical (unpaired) electrons. The number of amides is 1. The average Bonchev–Trinajstić information content (AvgIpc) is 2.13. The van der Waals surface area contributed by atoms with Crippen LogP contribution in [0.15, 0.2) is 0 Å². The van der Waals surface area contributed by atoms with E-state index in [1.165, 1.54) is 0 Å². The minimum Gasteiger partial charge on any atom is -0.350 e. The highest BCUT2D eigenvalue weighted by Gasteiger charge is 2.25. The van der Waals surface area contributed by atoms with Crippen LogP contribution in [-0.4, -0.2) is 18.0 Å². The van der Waals surface area contributed by atoms with Crippen molar-refractivity contribution in [2.75, 3.05) is 6.54 Å². The van der Waals surface area contributed by atoms with Crippen molar-refractivity contribution in [3.8, 4) is 0 Å². The van der Waals surface area contributed by atoms with Gasteiger partial charge in [-0.2, -0.15) is 0 Å². The fraction of sp³-hybridized carbons (Fsp3) is 0.917. The summed E-state index contributed by atoms with van der Waals surface area (Å²) in [5.74, 6) is 0.676. The van der Waals surface area contributed by atoms with Gasteiger partial charge in [-0.15, -0.1) is 12.4 Å². The van der Waals surface area contributed by atoms with Gasteiger partial charge in [0.05, 0.1) is 0 Å². The van der Waals surface area contributed by atoms with Gasteiger partial charge in [0.15, 0.2) is 0 Å². The van der Waals surface area contributed by atoms with Crippen LogP contribution in [-0.2, 0) is 4.79 Å². The predicted molar refractivity (Wildman–Crippen MR) is 71.8 cm³/mol. The molecule has 0 aliphatic heterocycles. The number of carbonyl (C=O) groups is 1. The van der Waals surface area contributed by atoms with Crippen LogP contribution < -0.4 is 11.1 Å². The van der Waals surface area contributed by atoms with Gasteiger partial charge in [0.1, 0.15) is 0 Å². The summed E-state index contributed by atoms with van der Waals surface area (Å²) in [6.45, 7) is 8.90. The highest BCUT2D eigenvalue weighted by Crippen LogP contribution is 2.15. The Balaban J connectivity index is 0. The maximum Gasteiger partial charge on any atom is 0.220 e. The minimum atomic E-state index is -0.237. The Bertz CT molecular complexity index is 197. The molecule has 3 nitrogen and oxygen atoms in total. The Morgan fingerprint density at radius 1 is 1.44 bits per heavy atom. The number of carbonyl (C=O) groups excluding carboxylic acids is 1. The molecule has 1 unspecified atom stereocenters. The topological polar surface area (TPSA) is 55.1 Å². The summed E-state index contributed by atoms with van der Waals surface area (Å²) in [5, 5.41) is 3.05. The smallest absolute Gasteiger partial charge is 0.220 e. The number of hydrogen-bond acceptors (Lipinski definition) is 2. The number of unbranched alkanes of at least 4 members (excludes halogenated alkanes) is 1. The lowest BCUT2D eigenvalue weighted by Gasteiger charge is -2.31. The van der Waals surface area contributed by atoms with Gasteiger partial charge >= 0.3 is 0 Å². The third-order valence-electron chi connectivity index (χ3n) is 2.51. The molecule has 4 heteroatoms. The third-order valence-corrected chi connectivity index (χ3v) is 2.51. The molecule has 0 saturated carbocycles. The summed E-state index contributed by atoms with van der Waals surface area (Å²) in [6, 6.07) is 0. The van der Waals surface area contributed by atoms with Crippen LogP contribution in [0, 0.1) is 5.92 Å². The molecule has 98 valence electrons. The molecule has 0 aliphatic carbocycles. The van der Waals surface area contributed by atoms with E-state index < -0.39 is 0 Å². The summed E-state index contributed by atoms with van der Waals surface area (Å²) in [5.41, 5.74) is 5.48.